The van der Waals surface area contributed by atoms with Crippen molar-refractivity contribution in [3.8, 4) is 0 Å². The van der Waals surface area contributed by atoms with E-state index in [0.717, 1.165) is 38.7 Å². The fraction of sp³-hybridized carbons (Fsp3) is 0.889. The van der Waals surface area contributed by atoms with Crippen molar-refractivity contribution in [2.24, 2.45) is 4.99 Å². The van der Waals surface area contributed by atoms with Crippen LogP contribution in [0.2, 0.25) is 0 Å². The number of halogens is 1. The zero-order chi connectivity index (χ0) is 17.6. The minimum Gasteiger partial charge on any atom is -0.357 e. The molecule has 0 aromatic heterocycles. The lowest BCUT2D eigenvalue weighted by Crippen LogP contribution is -2.40. The van der Waals surface area contributed by atoms with Gasteiger partial charge < -0.3 is 20.4 Å². The molecule has 1 heterocycles. The number of likely N-dealkylation sites (tertiary alicyclic amines) is 1. The van der Waals surface area contributed by atoms with Crippen LogP contribution in [-0.4, -0.2) is 74.0 Å². The Kier molecular flexibility index (Phi) is 15.3. The Hall–Kier alpha value is -0.570. The molecule has 1 fully saturated rings. The number of rotatable bonds is 9. The lowest BCUT2D eigenvalue weighted by molar-refractivity contribution is -0.130. The molecule has 0 spiro atoms. The summed E-state index contributed by atoms with van der Waals surface area (Å²) in [6.07, 6.45) is 5.87. The van der Waals surface area contributed by atoms with Crippen molar-refractivity contribution in [3.05, 3.63) is 0 Å². The Balaban J connectivity index is 0.00000576. The van der Waals surface area contributed by atoms with Gasteiger partial charge in [0.1, 0.15) is 0 Å². The second-order valence-electron chi connectivity index (χ2n) is 6.26. The van der Waals surface area contributed by atoms with E-state index >= 15 is 0 Å². The van der Waals surface area contributed by atoms with E-state index in [2.05, 4.69) is 27.4 Å². The van der Waals surface area contributed by atoms with Crippen molar-refractivity contribution in [2.75, 3.05) is 52.4 Å². The average molecular weight is 467 g/mol. The lowest BCUT2D eigenvalue weighted by Gasteiger charge is -2.20. The molecule has 0 bridgehead atoms. The number of carbonyl (C=O) groups is 1. The summed E-state index contributed by atoms with van der Waals surface area (Å²) >= 11 is 0. The van der Waals surface area contributed by atoms with Gasteiger partial charge in [-0.15, -0.1) is 24.0 Å². The standard InChI is InChI=1S/C18H37N5O.HI/c1-4-19-18(20-12-11-17(24)23(5-2)6-3)21-13-16-22-14-9-7-8-10-15-22;/h4-16H2,1-3H3,(H2,19,20,21);1H. The summed E-state index contributed by atoms with van der Waals surface area (Å²) in [5.74, 6) is 1.02. The molecule has 0 saturated carbocycles. The van der Waals surface area contributed by atoms with Crippen LogP contribution in [0.5, 0.6) is 0 Å². The van der Waals surface area contributed by atoms with E-state index in [1.54, 1.807) is 0 Å². The Labute approximate surface area is 171 Å². The molecular weight excluding hydrogens is 429 g/mol. The Bertz CT molecular complexity index is 366. The molecule has 0 aromatic carbocycles. The highest BCUT2D eigenvalue weighted by atomic mass is 127. The number of nitrogens with zero attached hydrogens (tertiary/aromatic N) is 3. The summed E-state index contributed by atoms with van der Waals surface area (Å²) < 4.78 is 0. The van der Waals surface area contributed by atoms with E-state index in [4.69, 9.17) is 0 Å². The molecule has 0 radical (unpaired) electrons. The molecule has 148 valence electrons. The SMILES string of the molecule is CCNC(=NCCN1CCCCCC1)NCCC(=O)N(CC)CC.I. The number of hydrogen-bond acceptors (Lipinski definition) is 3. The maximum atomic E-state index is 12.0. The van der Waals surface area contributed by atoms with Gasteiger partial charge >= 0.3 is 0 Å². The smallest absolute Gasteiger partial charge is 0.224 e. The fourth-order valence-electron chi connectivity index (χ4n) is 3.03. The average Bonchev–Trinajstić information content (AvgIpc) is 2.85. The topological polar surface area (TPSA) is 60.0 Å². The van der Waals surface area contributed by atoms with E-state index in [1.165, 1.54) is 38.8 Å². The predicted molar refractivity (Wildman–Crippen MR) is 117 cm³/mol. The lowest BCUT2D eigenvalue weighted by atomic mass is 10.2. The maximum Gasteiger partial charge on any atom is 0.224 e. The van der Waals surface area contributed by atoms with Gasteiger partial charge in [-0.1, -0.05) is 12.8 Å². The van der Waals surface area contributed by atoms with Gasteiger partial charge in [0.05, 0.1) is 6.54 Å². The maximum absolute atomic E-state index is 12.0. The summed E-state index contributed by atoms with van der Waals surface area (Å²) in [5, 5.41) is 6.54. The van der Waals surface area contributed by atoms with Gasteiger partial charge in [-0.25, -0.2) is 0 Å². The second-order valence-corrected chi connectivity index (χ2v) is 6.26. The van der Waals surface area contributed by atoms with Gasteiger partial charge in [-0.05, 0) is 46.7 Å². The molecule has 2 N–H and O–H groups in total. The molecule has 0 aromatic rings. The molecule has 7 heteroatoms. The van der Waals surface area contributed by atoms with Crippen LogP contribution in [0.4, 0.5) is 0 Å². The summed E-state index contributed by atoms with van der Waals surface area (Å²) in [4.78, 5) is 21.0. The van der Waals surface area contributed by atoms with Crippen LogP contribution in [-0.2, 0) is 4.79 Å². The first-order valence-corrected chi connectivity index (χ1v) is 9.73. The molecule has 1 amide bonds. The van der Waals surface area contributed by atoms with Crippen molar-refractivity contribution in [2.45, 2.75) is 52.9 Å². The molecule has 1 aliphatic rings. The normalized spacial score (nSPS) is 15.9. The third kappa shape index (κ3) is 10.9. The second kappa shape index (κ2) is 15.7. The summed E-state index contributed by atoms with van der Waals surface area (Å²) in [6.45, 7) is 13.4. The van der Waals surface area contributed by atoms with Crippen LogP contribution >= 0.6 is 24.0 Å². The van der Waals surface area contributed by atoms with Crippen molar-refractivity contribution < 1.29 is 4.79 Å². The number of hydrogen-bond donors (Lipinski definition) is 2. The third-order valence-electron chi connectivity index (χ3n) is 4.48. The van der Waals surface area contributed by atoms with E-state index in [9.17, 15) is 4.79 Å². The van der Waals surface area contributed by atoms with Crippen LogP contribution in [0, 0.1) is 0 Å². The van der Waals surface area contributed by atoms with Crippen LogP contribution in [0.15, 0.2) is 4.99 Å². The predicted octanol–water partition coefficient (Wildman–Crippen LogP) is 2.29. The van der Waals surface area contributed by atoms with Gasteiger partial charge in [-0.3, -0.25) is 9.79 Å². The molecular formula is C18H38IN5O. The Morgan fingerprint density at radius 1 is 1.04 bits per heavy atom. The Morgan fingerprint density at radius 2 is 1.68 bits per heavy atom. The molecule has 6 nitrogen and oxygen atoms in total. The van der Waals surface area contributed by atoms with Crippen LogP contribution in [0.25, 0.3) is 0 Å². The minimum atomic E-state index is 0. The van der Waals surface area contributed by atoms with E-state index in [1.807, 2.05) is 18.7 Å². The fourth-order valence-corrected chi connectivity index (χ4v) is 3.03. The highest BCUT2D eigenvalue weighted by Gasteiger charge is 2.10. The van der Waals surface area contributed by atoms with Gasteiger partial charge in [0.25, 0.3) is 0 Å². The monoisotopic (exact) mass is 467 g/mol. The first-order valence-electron chi connectivity index (χ1n) is 9.73. The van der Waals surface area contributed by atoms with Crippen molar-refractivity contribution in [3.63, 3.8) is 0 Å². The quantitative estimate of drug-likeness (QED) is 0.311. The number of amides is 1. The minimum absolute atomic E-state index is 0. The first kappa shape index (κ1) is 24.4. The molecule has 1 rings (SSSR count). The van der Waals surface area contributed by atoms with Gasteiger partial charge in [0.15, 0.2) is 5.96 Å². The zero-order valence-electron chi connectivity index (χ0n) is 16.4. The largest absolute Gasteiger partial charge is 0.357 e. The first-order chi connectivity index (χ1) is 11.7. The highest BCUT2D eigenvalue weighted by Crippen LogP contribution is 2.08. The Morgan fingerprint density at radius 3 is 2.24 bits per heavy atom. The summed E-state index contributed by atoms with van der Waals surface area (Å²) in [7, 11) is 0. The molecule has 0 unspecified atom stereocenters. The van der Waals surface area contributed by atoms with Crippen molar-refractivity contribution in [1.82, 2.24) is 20.4 Å². The molecule has 1 saturated heterocycles. The number of guanidine groups is 1. The van der Waals surface area contributed by atoms with E-state index in [0.29, 0.717) is 13.0 Å². The number of carbonyl (C=O) groups excluding carboxylic acids is 1. The summed E-state index contributed by atoms with van der Waals surface area (Å²) in [5.41, 5.74) is 0. The zero-order valence-corrected chi connectivity index (χ0v) is 18.7. The van der Waals surface area contributed by atoms with E-state index in [-0.39, 0.29) is 29.9 Å². The van der Waals surface area contributed by atoms with Crippen LogP contribution < -0.4 is 10.6 Å². The van der Waals surface area contributed by atoms with Crippen molar-refractivity contribution in [1.29, 1.82) is 0 Å². The number of aliphatic imine (C=N–C) groups is 1. The highest BCUT2D eigenvalue weighted by molar-refractivity contribution is 14.0. The van der Waals surface area contributed by atoms with Crippen LogP contribution in [0.1, 0.15) is 52.9 Å². The van der Waals surface area contributed by atoms with Crippen molar-refractivity contribution >= 4 is 35.8 Å². The molecule has 25 heavy (non-hydrogen) atoms. The molecule has 0 atom stereocenters. The number of nitrogens with one attached hydrogen (secondary N) is 2. The molecule has 1 aliphatic heterocycles. The molecule has 0 aliphatic carbocycles. The van der Waals surface area contributed by atoms with Gasteiger partial charge in [-0.2, -0.15) is 0 Å². The van der Waals surface area contributed by atoms with E-state index < -0.39 is 0 Å². The van der Waals surface area contributed by atoms with Crippen LogP contribution in [0.3, 0.4) is 0 Å². The van der Waals surface area contributed by atoms with Gasteiger partial charge in [0.2, 0.25) is 5.91 Å². The third-order valence-corrected chi connectivity index (χ3v) is 4.48. The summed E-state index contributed by atoms with van der Waals surface area (Å²) in [6, 6.07) is 0. The van der Waals surface area contributed by atoms with Gasteiger partial charge in [0, 0.05) is 39.1 Å².